The number of phosphoric acid groups is 1. The molecule has 0 aromatic heterocycles. The third kappa shape index (κ3) is 7.87. The lowest BCUT2D eigenvalue weighted by Gasteiger charge is -2.22. The molecule has 0 saturated heterocycles. The fourth-order valence-corrected chi connectivity index (χ4v) is 1.20. The van der Waals surface area contributed by atoms with Crippen LogP contribution in [0.5, 0.6) is 0 Å². The van der Waals surface area contributed by atoms with E-state index in [0.29, 0.717) is 13.2 Å². The highest BCUT2D eigenvalue weighted by Crippen LogP contribution is 2.35. The van der Waals surface area contributed by atoms with Crippen molar-refractivity contribution in [3.05, 3.63) is 0 Å². The largest absolute Gasteiger partial charge is 0.469 e. The van der Waals surface area contributed by atoms with Gasteiger partial charge in [-0.15, -0.1) is 0 Å². The van der Waals surface area contributed by atoms with Crippen molar-refractivity contribution in [1.82, 2.24) is 0 Å². The summed E-state index contributed by atoms with van der Waals surface area (Å²) in [5.41, 5.74) is 0. The number of rotatable bonds is 8. The first kappa shape index (κ1) is 15.0. The van der Waals surface area contributed by atoms with Gasteiger partial charge < -0.3 is 24.4 Å². The smallest absolute Gasteiger partial charge is 0.385 e. The van der Waals surface area contributed by atoms with Crippen LogP contribution in [0.4, 0.5) is 0 Å². The van der Waals surface area contributed by atoms with Crippen molar-refractivity contribution in [2.75, 3.05) is 19.8 Å². The molecule has 0 aliphatic heterocycles. The van der Waals surface area contributed by atoms with Gasteiger partial charge in [-0.25, -0.2) is 4.57 Å². The monoisotopic (exact) mass is 244 g/mol. The molecule has 7 nitrogen and oxygen atoms in total. The van der Waals surface area contributed by atoms with Gasteiger partial charge in [0, 0.05) is 13.2 Å². The van der Waals surface area contributed by atoms with Crippen LogP contribution in [0.2, 0.25) is 0 Å². The van der Waals surface area contributed by atoms with Crippen LogP contribution in [-0.4, -0.2) is 47.1 Å². The van der Waals surface area contributed by atoms with Crippen molar-refractivity contribution in [2.45, 2.75) is 26.2 Å². The molecule has 0 amide bonds. The fourth-order valence-electron chi connectivity index (χ4n) is 0.851. The first-order chi connectivity index (χ1) is 6.90. The molecule has 15 heavy (non-hydrogen) atoms. The normalized spacial score (nSPS) is 14.5. The van der Waals surface area contributed by atoms with Gasteiger partial charge in [0.15, 0.2) is 6.29 Å². The molecule has 0 spiro atoms. The molecule has 0 radical (unpaired) electrons. The van der Waals surface area contributed by atoms with Crippen LogP contribution in [-0.2, 0) is 18.6 Å². The second-order valence-electron chi connectivity index (χ2n) is 2.63. The van der Waals surface area contributed by atoms with Crippen molar-refractivity contribution >= 4 is 7.82 Å². The Labute approximate surface area is 88.2 Å². The maximum atomic E-state index is 10.4. The third-order valence-electron chi connectivity index (χ3n) is 1.39. The van der Waals surface area contributed by atoms with Gasteiger partial charge in [-0.1, -0.05) is 0 Å². The number of hydrogen-bond acceptors (Lipinski definition) is 5. The lowest BCUT2D eigenvalue weighted by atomic mass is 10.4. The molecule has 1 atom stereocenters. The van der Waals surface area contributed by atoms with Crippen LogP contribution in [0.25, 0.3) is 0 Å². The fraction of sp³-hybridized carbons (Fsp3) is 1.00. The van der Waals surface area contributed by atoms with E-state index in [1.54, 1.807) is 13.8 Å². The van der Waals surface area contributed by atoms with Gasteiger partial charge >= 0.3 is 7.82 Å². The molecule has 0 bridgehead atoms. The second kappa shape index (κ2) is 7.29. The highest BCUT2D eigenvalue weighted by atomic mass is 31.2. The van der Waals surface area contributed by atoms with Gasteiger partial charge in [-0.3, -0.25) is 4.52 Å². The molecular weight excluding hydrogens is 227 g/mol. The molecule has 3 N–H and O–H groups in total. The minimum Gasteiger partial charge on any atom is -0.385 e. The van der Waals surface area contributed by atoms with E-state index in [4.69, 9.17) is 19.3 Å². The quantitative estimate of drug-likeness (QED) is 0.403. The van der Waals surface area contributed by atoms with Gasteiger partial charge in [-0.2, -0.15) is 0 Å². The first-order valence-corrected chi connectivity index (χ1v) is 6.05. The molecule has 0 aliphatic rings. The molecule has 8 heteroatoms. The van der Waals surface area contributed by atoms with Gasteiger partial charge in [0.05, 0.1) is 6.61 Å². The summed E-state index contributed by atoms with van der Waals surface area (Å²) in [6, 6.07) is 0. The summed E-state index contributed by atoms with van der Waals surface area (Å²) >= 11 is 0. The lowest BCUT2D eigenvalue weighted by Crippen LogP contribution is -2.35. The average Bonchev–Trinajstić information content (AvgIpc) is 2.13. The Morgan fingerprint density at radius 2 is 1.67 bits per heavy atom. The van der Waals surface area contributed by atoms with E-state index in [2.05, 4.69) is 4.52 Å². The zero-order valence-electron chi connectivity index (χ0n) is 8.70. The van der Waals surface area contributed by atoms with Crippen LogP contribution in [0.1, 0.15) is 13.8 Å². The Kier molecular flexibility index (Phi) is 7.29. The topological polar surface area (TPSA) is 105 Å². The Balaban J connectivity index is 4.01. The molecule has 0 unspecified atom stereocenters. The second-order valence-corrected chi connectivity index (χ2v) is 3.87. The Bertz CT molecular complexity index is 198. The van der Waals surface area contributed by atoms with Gasteiger partial charge in [-0.05, 0) is 13.8 Å². The predicted molar refractivity (Wildman–Crippen MR) is 51.0 cm³/mol. The van der Waals surface area contributed by atoms with Crippen LogP contribution in [0, 0.1) is 0 Å². The zero-order chi connectivity index (χ0) is 11.9. The van der Waals surface area contributed by atoms with E-state index >= 15 is 0 Å². The van der Waals surface area contributed by atoms with E-state index in [1.165, 1.54) is 0 Å². The Hall–Kier alpha value is -0.0100. The summed E-state index contributed by atoms with van der Waals surface area (Å²) < 4.78 is 24.5. The van der Waals surface area contributed by atoms with Crippen LogP contribution in [0.3, 0.4) is 0 Å². The van der Waals surface area contributed by atoms with Gasteiger partial charge in [0.25, 0.3) is 0 Å². The van der Waals surface area contributed by atoms with E-state index in [-0.39, 0.29) is 0 Å². The van der Waals surface area contributed by atoms with Crippen molar-refractivity contribution in [3.63, 3.8) is 0 Å². The molecule has 0 fully saturated rings. The zero-order valence-corrected chi connectivity index (χ0v) is 9.59. The predicted octanol–water partition coefficient (Wildman–Crippen LogP) is -0.144. The lowest BCUT2D eigenvalue weighted by molar-refractivity contribution is -0.195. The molecule has 0 saturated carbocycles. The molecule has 0 heterocycles. The minimum absolute atomic E-state index is 0.317. The van der Waals surface area contributed by atoms with Crippen LogP contribution < -0.4 is 0 Å². The van der Waals surface area contributed by atoms with Crippen molar-refractivity contribution in [3.8, 4) is 0 Å². The van der Waals surface area contributed by atoms with Crippen LogP contribution >= 0.6 is 7.82 Å². The summed E-state index contributed by atoms with van der Waals surface area (Å²) in [7, 11) is -4.57. The minimum atomic E-state index is -4.57. The molecule has 0 rings (SSSR count). The number of phosphoric ester groups is 1. The van der Waals surface area contributed by atoms with E-state index < -0.39 is 26.8 Å². The highest BCUT2D eigenvalue weighted by molar-refractivity contribution is 7.46. The highest BCUT2D eigenvalue weighted by Gasteiger charge is 2.24. The molecule has 0 aliphatic carbocycles. The standard InChI is InChI=1S/C7H17O7P/c1-3-12-7(13-4-2)6(8)5-14-15(9,10)11/h6-8H,3-5H2,1-2H3,(H2,9,10,11)/t6-/m1/s1. The SMILES string of the molecule is CCOC(OCC)[C@H](O)COP(=O)(O)O. The molecule has 0 aromatic carbocycles. The summed E-state index contributed by atoms with van der Waals surface area (Å²) in [4.78, 5) is 16.8. The summed E-state index contributed by atoms with van der Waals surface area (Å²) in [6.45, 7) is 3.51. The Morgan fingerprint density at radius 3 is 2.00 bits per heavy atom. The van der Waals surface area contributed by atoms with E-state index in [0.717, 1.165) is 0 Å². The first-order valence-electron chi connectivity index (χ1n) is 4.52. The molecule has 0 aromatic rings. The van der Waals surface area contributed by atoms with Crippen molar-refractivity contribution in [2.24, 2.45) is 0 Å². The van der Waals surface area contributed by atoms with Gasteiger partial charge in [0.2, 0.25) is 0 Å². The van der Waals surface area contributed by atoms with Crippen molar-refractivity contribution < 1.29 is 33.5 Å². The molecular formula is C7H17O7P. The van der Waals surface area contributed by atoms with E-state index in [1.807, 2.05) is 0 Å². The maximum absolute atomic E-state index is 10.4. The number of hydrogen-bond donors (Lipinski definition) is 3. The van der Waals surface area contributed by atoms with Crippen LogP contribution in [0.15, 0.2) is 0 Å². The Morgan fingerprint density at radius 1 is 1.20 bits per heavy atom. The van der Waals surface area contributed by atoms with Crippen molar-refractivity contribution in [1.29, 1.82) is 0 Å². The molecule has 92 valence electrons. The van der Waals surface area contributed by atoms with Gasteiger partial charge in [0.1, 0.15) is 6.10 Å². The maximum Gasteiger partial charge on any atom is 0.469 e. The summed E-state index contributed by atoms with van der Waals surface area (Å²) in [5, 5.41) is 9.42. The third-order valence-corrected chi connectivity index (χ3v) is 1.87. The number of aliphatic hydroxyl groups excluding tert-OH is 1. The number of ether oxygens (including phenoxy) is 2. The summed E-state index contributed by atoms with van der Waals surface area (Å²) in [6.07, 6.45) is -2.18. The number of aliphatic hydroxyl groups is 1. The average molecular weight is 244 g/mol. The van der Waals surface area contributed by atoms with E-state index in [9.17, 15) is 9.67 Å². The summed E-state index contributed by atoms with van der Waals surface area (Å²) in [5.74, 6) is 0.